The van der Waals surface area contributed by atoms with Crippen LogP contribution in [-0.4, -0.2) is 0 Å². The van der Waals surface area contributed by atoms with Crippen molar-refractivity contribution in [2.45, 2.75) is 26.1 Å². The highest BCUT2D eigenvalue weighted by Crippen LogP contribution is 2.27. The molecule has 0 heterocycles. The van der Waals surface area contributed by atoms with E-state index in [0.29, 0.717) is 12.8 Å². The molecular formula is C18H17N2O3P. The van der Waals surface area contributed by atoms with Crippen molar-refractivity contribution in [1.82, 2.24) is 0 Å². The molecule has 0 fully saturated rings. The fraction of sp³-hybridized carbons (Fsp3) is 0.222. The highest BCUT2D eigenvalue weighted by atomic mass is 31.1. The molecule has 0 saturated heterocycles. The Kier molecular flexibility index (Phi) is 7.21. The maximum absolute atomic E-state index is 11.8. The number of benzene rings is 2. The molecule has 6 heteroatoms. The average molecular weight is 340 g/mol. The zero-order valence-electron chi connectivity index (χ0n) is 13.1. The molecule has 0 bridgehead atoms. The molecule has 2 rings (SSSR count). The molecule has 2 aromatic rings. The topological polar surface area (TPSA) is 83.1 Å². The third kappa shape index (κ3) is 5.99. The van der Waals surface area contributed by atoms with Gasteiger partial charge in [-0.1, -0.05) is 48.5 Å². The van der Waals surface area contributed by atoms with Crippen molar-refractivity contribution in [3.05, 3.63) is 70.8 Å². The van der Waals surface area contributed by atoms with Crippen molar-refractivity contribution in [3.8, 4) is 12.1 Å². The third-order valence-electron chi connectivity index (χ3n) is 3.26. The van der Waals surface area contributed by atoms with Crippen LogP contribution in [0.1, 0.15) is 22.3 Å². The van der Waals surface area contributed by atoms with E-state index in [0.717, 1.165) is 22.3 Å². The Labute approximate surface area is 142 Å². The van der Waals surface area contributed by atoms with Gasteiger partial charge in [0, 0.05) is 0 Å². The first kappa shape index (κ1) is 17.9. The smallest absolute Gasteiger partial charge is 0.306 e. The quantitative estimate of drug-likeness (QED) is 0.680. The first-order chi connectivity index (χ1) is 11.7. The zero-order valence-corrected chi connectivity index (χ0v) is 14.1. The fourth-order valence-corrected chi connectivity index (χ4v) is 2.82. The van der Waals surface area contributed by atoms with E-state index in [2.05, 4.69) is 12.1 Å². The lowest BCUT2D eigenvalue weighted by Crippen LogP contribution is -1.92. The van der Waals surface area contributed by atoms with E-state index in [1.807, 2.05) is 48.5 Å². The lowest BCUT2D eigenvalue weighted by molar-refractivity contribution is 0.213. The van der Waals surface area contributed by atoms with Crippen LogP contribution in [0.4, 0.5) is 0 Å². The summed E-state index contributed by atoms with van der Waals surface area (Å²) in [5.41, 5.74) is 3.49. The number of rotatable bonds is 8. The van der Waals surface area contributed by atoms with Crippen LogP contribution >= 0.6 is 8.25 Å². The van der Waals surface area contributed by atoms with Gasteiger partial charge in [-0.2, -0.15) is 10.5 Å². The van der Waals surface area contributed by atoms with Crippen LogP contribution < -0.4 is 0 Å². The summed E-state index contributed by atoms with van der Waals surface area (Å²) < 4.78 is 22.3. The van der Waals surface area contributed by atoms with E-state index < -0.39 is 8.25 Å². The molecule has 0 amide bonds. The predicted octanol–water partition coefficient (Wildman–Crippen LogP) is 3.94. The van der Waals surface area contributed by atoms with Gasteiger partial charge in [0.1, 0.15) is 0 Å². The Bertz CT molecular complexity index is 728. The number of nitrogens with zero attached hydrogens (tertiary/aromatic N) is 2. The second kappa shape index (κ2) is 9.65. The summed E-state index contributed by atoms with van der Waals surface area (Å²) in [4.78, 5) is 0. The van der Waals surface area contributed by atoms with Crippen LogP contribution in [-0.2, 0) is 39.7 Å². The molecule has 5 nitrogen and oxygen atoms in total. The lowest BCUT2D eigenvalue weighted by atomic mass is 10.1. The molecule has 24 heavy (non-hydrogen) atoms. The molecule has 0 radical (unpaired) electrons. The molecule has 0 aliphatic rings. The molecule has 0 aliphatic carbocycles. The first-order valence-electron chi connectivity index (χ1n) is 7.40. The minimum absolute atomic E-state index is 0.172. The fourth-order valence-electron chi connectivity index (χ4n) is 2.17. The maximum Gasteiger partial charge on any atom is 0.319 e. The average Bonchev–Trinajstić information content (AvgIpc) is 2.59. The normalized spacial score (nSPS) is 10.3. The molecule has 122 valence electrons. The molecule has 0 unspecified atom stereocenters. The van der Waals surface area contributed by atoms with E-state index in [1.165, 1.54) is 0 Å². The number of hydrogen-bond donors (Lipinski definition) is 0. The van der Waals surface area contributed by atoms with Gasteiger partial charge in [-0.3, -0.25) is 4.57 Å². The Morgan fingerprint density at radius 3 is 1.62 bits per heavy atom. The molecular weight excluding hydrogens is 323 g/mol. The minimum Gasteiger partial charge on any atom is -0.306 e. The summed E-state index contributed by atoms with van der Waals surface area (Å²) in [6.07, 6.45) is 0.664. The molecule has 2 aromatic carbocycles. The van der Waals surface area contributed by atoms with Gasteiger partial charge in [0.05, 0.1) is 38.2 Å². The molecule has 0 N–H and O–H groups in total. The molecule has 0 aliphatic heterocycles. The molecule has 0 atom stereocenters. The van der Waals surface area contributed by atoms with Crippen LogP contribution in [0, 0.1) is 22.7 Å². The second-order valence-electron chi connectivity index (χ2n) is 5.14. The Hall–Kier alpha value is -2.43. The van der Waals surface area contributed by atoms with Crippen molar-refractivity contribution in [1.29, 1.82) is 10.5 Å². The van der Waals surface area contributed by atoms with Gasteiger partial charge in [0.15, 0.2) is 0 Å². The Morgan fingerprint density at radius 2 is 1.21 bits per heavy atom. The summed E-state index contributed by atoms with van der Waals surface area (Å²) in [7, 11) is -2.61. The van der Waals surface area contributed by atoms with E-state index >= 15 is 0 Å². The summed E-state index contributed by atoms with van der Waals surface area (Å²) in [6.45, 7) is 0.344. The standard InChI is InChI=1S/C18H17N2O3P/c19-9-7-15-3-1-5-17(11-15)13-22-24(21)23-14-18-6-2-4-16(12-18)8-10-20/h1-6,11-12,24H,7-8,13-14H2. The minimum atomic E-state index is -2.61. The van der Waals surface area contributed by atoms with Crippen LogP contribution in [0.25, 0.3) is 0 Å². The van der Waals surface area contributed by atoms with Crippen molar-refractivity contribution < 1.29 is 13.6 Å². The van der Waals surface area contributed by atoms with Gasteiger partial charge in [0.2, 0.25) is 0 Å². The Morgan fingerprint density at radius 1 is 0.792 bits per heavy atom. The van der Waals surface area contributed by atoms with Gasteiger partial charge in [-0.05, 0) is 22.3 Å². The predicted molar refractivity (Wildman–Crippen MR) is 90.1 cm³/mol. The van der Waals surface area contributed by atoms with Gasteiger partial charge < -0.3 is 9.05 Å². The van der Waals surface area contributed by atoms with Crippen molar-refractivity contribution in [3.63, 3.8) is 0 Å². The van der Waals surface area contributed by atoms with Gasteiger partial charge in [-0.25, -0.2) is 0 Å². The molecule has 0 aromatic heterocycles. The van der Waals surface area contributed by atoms with E-state index in [1.54, 1.807) is 0 Å². The maximum atomic E-state index is 11.8. The van der Waals surface area contributed by atoms with E-state index in [-0.39, 0.29) is 13.2 Å². The van der Waals surface area contributed by atoms with Crippen molar-refractivity contribution in [2.24, 2.45) is 0 Å². The highest BCUT2D eigenvalue weighted by Gasteiger charge is 2.04. The molecule has 0 spiro atoms. The highest BCUT2D eigenvalue weighted by molar-refractivity contribution is 7.33. The SMILES string of the molecule is N#CCc1cccc(CO[PH](=O)OCc2cccc(CC#N)c2)c1. The van der Waals surface area contributed by atoms with E-state index in [4.69, 9.17) is 19.6 Å². The largest absolute Gasteiger partial charge is 0.319 e. The molecule has 0 saturated carbocycles. The van der Waals surface area contributed by atoms with Crippen LogP contribution in [0.5, 0.6) is 0 Å². The summed E-state index contributed by atoms with van der Waals surface area (Å²) in [5.74, 6) is 0. The zero-order chi connectivity index (χ0) is 17.2. The van der Waals surface area contributed by atoms with Gasteiger partial charge in [0.25, 0.3) is 0 Å². The number of hydrogen-bond acceptors (Lipinski definition) is 5. The van der Waals surface area contributed by atoms with Gasteiger partial charge in [-0.15, -0.1) is 0 Å². The summed E-state index contributed by atoms with van der Waals surface area (Å²) >= 11 is 0. The summed E-state index contributed by atoms with van der Waals surface area (Å²) in [5, 5.41) is 17.4. The van der Waals surface area contributed by atoms with Crippen LogP contribution in [0.3, 0.4) is 0 Å². The Balaban J connectivity index is 1.81. The van der Waals surface area contributed by atoms with Gasteiger partial charge >= 0.3 is 8.25 Å². The first-order valence-corrected chi connectivity index (χ1v) is 8.63. The second-order valence-corrected chi connectivity index (χ2v) is 6.21. The van der Waals surface area contributed by atoms with Crippen molar-refractivity contribution in [2.75, 3.05) is 0 Å². The summed E-state index contributed by atoms with van der Waals surface area (Å²) in [6, 6.07) is 19.0. The van der Waals surface area contributed by atoms with E-state index in [9.17, 15) is 4.57 Å². The third-order valence-corrected chi connectivity index (χ3v) is 4.02. The number of nitriles is 2. The van der Waals surface area contributed by atoms with Crippen LogP contribution in [0.2, 0.25) is 0 Å². The van der Waals surface area contributed by atoms with Crippen LogP contribution in [0.15, 0.2) is 48.5 Å². The van der Waals surface area contributed by atoms with Crippen molar-refractivity contribution >= 4 is 8.25 Å². The lowest BCUT2D eigenvalue weighted by Gasteiger charge is -2.07. The monoisotopic (exact) mass is 340 g/mol.